The summed E-state index contributed by atoms with van der Waals surface area (Å²) in [5, 5.41) is 7.12. The Labute approximate surface area is 154 Å². The van der Waals surface area contributed by atoms with Crippen LogP contribution in [-0.2, 0) is 24.4 Å². The van der Waals surface area contributed by atoms with Crippen LogP contribution < -0.4 is 5.73 Å². The van der Waals surface area contributed by atoms with E-state index in [1.807, 2.05) is 6.92 Å². The van der Waals surface area contributed by atoms with Crippen LogP contribution in [0.2, 0.25) is 0 Å². The van der Waals surface area contributed by atoms with E-state index in [0.29, 0.717) is 19.4 Å². The van der Waals surface area contributed by atoms with Crippen molar-refractivity contribution < 1.29 is 41.1 Å². The first-order valence-electron chi connectivity index (χ1n) is 8.10. The molecule has 2 rings (SSSR count). The highest BCUT2D eigenvalue weighted by molar-refractivity contribution is 7.88. The highest BCUT2D eigenvalue weighted by Gasteiger charge is 2.56. The van der Waals surface area contributed by atoms with Crippen LogP contribution in [0.3, 0.4) is 0 Å². The van der Waals surface area contributed by atoms with Gasteiger partial charge in [0.05, 0.1) is 30.8 Å². The largest absolute Gasteiger partial charge is 0.490 e. The van der Waals surface area contributed by atoms with E-state index < -0.39 is 34.1 Å². The number of carboxylic acids is 1. The molecule has 13 heteroatoms. The van der Waals surface area contributed by atoms with Crippen LogP contribution in [0, 0.1) is 5.92 Å². The van der Waals surface area contributed by atoms with Gasteiger partial charge in [0.2, 0.25) is 21.8 Å². The molecule has 0 spiro atoms. The number of fused-ring (bicyclic) bond motifs is 1. The number of halogens is 3. The maximum atomic E-state index is 12.4. The predicted molar refractivity (Wildman–Crippen MR) is 86.7 cm³/mol. The van der Waals surface area contributed by atoms with Crippen molar-refractivity contribution in [1.29, 1.82) is 0 Å². The van der Waals surface area contributed by atoms with Crippen molar-refractivity contribution in [3.05, 3.63) is 0 Å². The van der Waals surface area contributed by atoms with E-state index in [9.17, 15) is 31.2 Å². The van der Waals surface area contributed by atoms with Crippen LogP contribution in [0.1, 0.15) is 26.2 Å². The van der Waals surface area contributed by atoms with E-state index in [1.54, 1.807) is 4.90 Å². The monoisotopic (exact) mass is 417 g/mol. The maximum Gasteiger partial charge on any atom is 0.490 e. The Balaban J connectivity index is 0.000000445. The van der Waals surface area contributed by atoms with Gasteiger partial charge >= 0.3 is 12.1 Å². The summed E-state index contributed by atoms with van der Waals surface area (Å²) in [6, 6.07) is -0.780. The van der Waals surface area contributed by atoms with Gasteiger partial charge in [-0.1, -0.05) is 13.3 Å². The van der Waals surface area contributed by atoms with Gasteiger partial charge in [-0.25, -0.2) is 17.5 Å². The number of hydrogen-bond donors (Lipinski definition) is 2. The number of rotatable bonds is 4. The molecule has 156 valence electrons. The first kappa shape index (κ1) is 23.1. The maximum absolute atomic E-state index is 12.4. The van der Waals surface area contributed by atoms with E-state index >= 15 is 0 Å². The van der Waals surface area contributed by atoms with Gasteiger partial charge in [0.25, 0.3) is 0 Å². The van der Waals surface area contributed by atoms with Gasteiger partial charge in [-0.2, -0.15) is 13.2 Å². The van der Waals surface area contributed by atoms with Crippen LogP contribution in [0.4, 0.5) is 13.2 Å². The number of hydrogen-bond acceptors (Lipinski definition) is 6. The third-order valence-electron chi connectivity index (χ3n) is 4.36. The average Bonchev–Trinajstić information content (AvgIpc) is 3.04. The normalized spacial score (nSPS) is 25.1. The Morgan fingerprint density at radius 3 is 2.22 bits per heavy atom. The average molecular weight is 417 g/mol. The fraction of sp³-hybridized carbons (Fsp3) is 0.786. The van der Waals surface area contributed by atoms with Gasteiger partial charge < -0.3 is 15.7 Å². The first-order chi connectivity index (χ1) is 12.3. The highest BCUT2D eigenvalue weighted by atomic mass is 32.2. The van der Waals surface area contributed by atoms with Crippen LogP contribution >= 0.6 is 0 Å². The van der Waals surface area contributed by atoms with Gasteiger partial charge in [-0.3, -0.25) is 9.59 Å². The Bertz CT molecular complexity index is 697. The second kappa shape index (κ2) is 8.42. The molecular formula is C14H22F3N3O6S. The van der Waals surface area contributed by atoms with Gasteiger partial charge in [-0.05, 0) is 12.8 Å². The van der Waals surface area contributed by atoms with Crippen LogP contribution in [0.25, 0.3) is 0 Å². The lowest BCUT2D eigenvalue weighted by atomic mass is 9.94. The Morgan fingerprint density at radius 2 is 1.85 bits per heavy atom. The molecule has 0 aromatic rings. The van der Waals surface area contributed by atoms with Gasteiger partial charge in [0, 0.05) is 6.54 Å². The molecule has 0 radical (unpaired) electrons. The molecule has 3 atom stereocenters. The molecule has 27 heavy (non-hydrogen) atoms. The van der Waals surface area contributed by atoms with E-state index in [4.69, 9.17) is 15.6 Å². The van der Waals surface area contributed by atoms with E-state index in [0.717, 1.165) is 17.0 Å². The van der Waals surface area contributed by atoms with Crippen molar-refractivity contribution in [2.75, 3.05) is 19.3 Å². The zero-order valence-electron chi connectivity index (χ0n) is 14.8. The highest BCUT2D eigenvalue weighted by Crippen LogP contribution is 2.39. The minimum atomic E-state index is -5.08. The summed E-state index contributed by atoms with van der Waals surface area (Å²) in [6.07, 6.45) is -2.19. The summed E-state index contributed by atoms with van der Waals surface area (Å²) in [6.45, 7) is 2.29. The summed E-state index contributed by atoms with van der Waals surface area (Å²) in [7, 11) is -3.60. The standard InChI is InChI=1S/C12H21N3O4S.C2HF3O2/c1-3-4-8-11-9(5-6-14(11)10(16)7-13)15(12(8)17)20(2,18)19;3-2(4,5)1(6)7/h8-9,11H,3-7,13H2,1-2H3;(H,6,7)/t8-,9+,11-;/m1./s1. The third kappa shape index (κ3) is 5.09. The molecule has 0 aromatic heterocycles. The molecule has 0 bridgehead atoms. The van der Waals surface area contributed by atoms with Gasteiger partial charge in [0.15, 0.2) is 0 Å². The Kier molecular flexibility index (Phi) is 7.22. The number of amides is 2. The Morgan fingerprint density at radius 1 is 1.33 bits per heavy atom. The number of nitrogens with two attached hydrogens (primary N) is 1. The Hall–Kier alpha value is -1.89. The second-order valence-corrected chi connectivity index (χ2v) is 8.09. The number of carboxylic acid groups (broad SMARTS) is 1. The lowest BCUT2D eigenvalue weighted by Crippen LogP contribution is -2.45. The molecule has 2 aliphatic rings. The fourth-order valence-electron chi connectivity index (χ4n) is 3.44. The quantitative estimate of drug-likeness (QED) is 0.644. The molecule has 0 saturated carbocycles. The molecule has 2 heterocycles. The number of alkyl halides is 3. The molecule has 9 nitrogen and oxygen atoms in total. The SMILES string of the molecule is CCC[C@H]1C(=O)N(S(C)(=O)=O)[C@H]2CCN(C(=O)CN)[C@H]12.O=C(O)C(F)(F)F. The smallest absolute Gasteiger partial charge is 0.475 e. The van der Waals surface area contributed by atoms with E-state index in [1.165, 1.54) is 0 Å². The van der Waals surface area contributed by atoms with Crippen LogP contribution in [0.15, 0.2) is 0 Å². The van der Waals surface area contributed by atoms with Crippen molar-refractivity contribution in [3.63, 3.8) is 0 Å². The number of carbonyl (C=O) groups excluding carboxylic acids is 2. The molecule has 2 amide bonds. The molecule has 2 fully saturated rings. The third-order valence-corrected chi connectivity index (χ3v) is 5.53. The lowest BCUT2D eigenvalue weighted by Gasteiger charge is -2.26. The second-order valence-electron chi connectivity index (χ2n) is 6.23. The van der Waals surface area contributed by atoms with Crippen LogP contribution in [0.5, 0.6) is 0 Å². The number of aliphatic carboxylic acids is 1. The topological polar surface area (TPSA) is 138 Å². The zero-order chi connectivity index (χ0) is 21.2. The number of nitrogens with zero attached hydrogens (tertiary/aromatic N) is 2. The number of carbonyl (C=O) groups is 3. The zero-order valence-corrected chi connectivity index (χ0v) is 15.6. The van der Waals surface area contributed by atoms with E-state index in [-0.39, 0.29) is 24.4 Å². The van der Waals surface area contributed by atoms with Crippen molar-refractivity contribution >= 4 is 27.8 Å². The van der Waals surface area contributed by atoms with Crippen LogP contribution in [-0.4, -0.2) is 78.1 Å². The number of likely N-dealkylation sites (tertiary alicyclic amines) is 1. The molecule has 0 unspecified atom stereocenters. The van der Waals surface area contributed by atoms with Gasteiger partial charge in [0.1, 0.15) is 0 Å². The van der Waals surface area contributed by atoms with Crippen molar-refractivity contribution in [1.82, 2.24) is 9.21 Å². The van der Waals surface area contributed by atoms with Crippen molar-refractivity contribution in [2.24, 2.45) is 11.7 Å². The molecule has 0 aliphatic carbocycles. The summed E-state index contributed by atoms with van der Waals surface area (Å²) in [5.74, 6) is -3.79. The summed E-state index contributed by atoms with van der Waals surface area (Å²) >= 11 is 0. The minimum Gasteiger partial charge on any atom is -0.475 e. The lowest BCUT2D eigenvalue weighted by molar-refractivity contribution is -0.192. The van der Waals surface area contributed by atoms with E-state index in [2.05, 4.69) is 0 Å². The molecule has 2 aliphatic heterocycles. The fourth-order valence-corrected chi connectivity index (χ4v) is 4.62. The molecule has 0 aromatic carbocycles. The number of sulfonamides is 1. The predicted octanol–water partition coefficient (Wildman–Crippen LogP) is -0.234. The minimum absolute atomic E-state index is 0.116. The molecular weight excluding hydrogens is 395 g/mol. The van der Waals surface area contributed by atoms with Crippen molar-refractivity contribution in [2.45, 2.75) is 44.4 Å². The molecule has 3 N–H and O–H groups in total. The van der Waals surface area contributed by atoms with Gasteiger partial charge in [-0.15, -0.1) is 0 Å². The first-order valence-corrected chi connectivity index (χ1v) is 9.95. The molecule has 2 saturated heterocycles. The van der Waals surface area contributed by atoms with Crippen molar-refractivity contribution in [3.8, 4) is 0 Å². The summed E-state index contributed by atoms with van der Waals surface area (Å²) in [4.78, 5) is 34.8. The summed E-state index contributed by atoms with van der Waals surface area (Å²) in [5.41, 5.74) is 5.40. The summed E-state index contributed by atoms with van der Waals surface area (Å²) < 4.78 is 56.4.